The Labute approximate surface area is 155 Å². The van der Waals surface area contributed by atoms with Crippen molar-refractivity contribution >= 4 is 17.7 Å². The van der Waals surface area contributed by atoms with E-state index < -0.39 is 0 Å². The molecular formula is C18H19N5O2S. The Hall–Kier alpha value is -2.87. The number of rotatable bonds is 8. The number of nitrogens with one attached hydrogen (secondary N) is 1. The number of hydrogen-bond donors (Lipinski definition) is 1. The van der Waals surface area contributed by atoms with E-state index in [-0.39, 0.29) is 11.7 Å². The van der Waals surface area contributed by atoms with Crippen LogP contribution in [-0.4, -0.2) is 38.5 Å². The van der Waals surface area contributed by atoms with Gasteiger partial charge in [-0.1, -0.05) is 54.2 Å². The van der Waals surface area contributed by atoms with E-state index in [0.717, 1.165) is 11.3 Å². The molecule has 1 amide bonds. The normalized spacial score (nSPS) is 10.5. The highest BCUT2D eigenvalue weighted by Crippen LogP contribution is 2.25. The van der Waals surface area contributed by atoms with Gasteiger partial charge in [-0.3, -0.25) is 4.79 Å². The zero-order valence-electron chi connectivity index (χ0n) is 14.3. The fraction of sp³-hybridized carbons (Fsp3) is 0.222. The minimum atomic E-state index is -0.0773. The average molecular weight is 369 g/mol. The highest BCUT2D eigenvalue weighted by atomic mass is 32.2. The third kappa shape index (κ3) is 4.60. The lowest BCUT2D eigenvalue weighted by atomic mass is 10.2. The quantitative estimate of drug-likeness (QED) is 0.614. The van der Waals surface area contributed by atoms with Crippen molar-refractivity contribution in [3.63, 3.8) is 0 Å². The number of tetrazole rings is 1. The summed E-state index contributed by atoms with van der Waals surface area (Å²) in [6.07, 6.45) is 0. The lowest BCUT2D eigenvalue weighted by Crippen LogP contribution is -2.24. The second-order valence-corrected chi connectivity index (χ2v) is 6.27. The third-order valence-electron chi connectivity index (χ3n) is 3.50. The first-order chi connectivity index (χ1) is 12.8. The second-order valence-electron chi connectivity index (χ2n) is 5.33. The number of thioether (sulfide) groups is 1. The van der Waals surface area contributed by atoms with Crippen LogP contribution in [0.1, 0.15) is 12.5 Å². The number of benzene rings is 2. The molecule has 0 spiro atoms. The SMILES string of the molecule is CCOc1ccccc1-n1nnnc1SCC(=O)NCc1ccccc1. The third-order valence-corrected chi connectivity index (χ3v) is 4.42. The molecule has 134 valence electrons. The van der Waals surface area contributed by atoms with Gasteiger partial charge in [0.05, 0.1) is 12.4 Å². The number of aromatic nitrogens is 4. The summed E-state index contributed by atoms with van der Waals surface area (Å²) >= 11 is 1.28. The van der Waals surface area contributed by atoms with Crippen LogP contribution in [-0.2, 0) is 11.3 Å². The minimum absolute atomic E-state index is 0.0773. The predicted molar refractivity (Wildman–Crippen MR) is 99.3 cm³/mol. The van der Waals surface area contributed by atoms with E-state index in [9.17, 15) is 4.79 Å². The molecule has 0 fully saturated rings. The molecule has 0 saturated carbocycles. The van der Waals surface area contributed by atoms with Crippen LogP contribution in [0, 0.1) is 0 Å². The highest BCUT2D eigenvalue weighted by Gasteiger charge is 2.14. The van der Waals surface area contributed by atoms with E-state index in [0.29, 0.717) is 24.1 Å². The maximum atomic E-state index is 12.1. The Morgan fingerprint density at radius 3 is 2.73 bits per heavy atom. The first-order valence-corrected chi connectivity index (χ1v) is 9.20. The lowest BCUT2D eigenvalue weighted by molar-refractivity contribution is -0.118. The lowest BCUT2D eigenvalue weighted by Gasteiger charge is -2.10. The molecule has 1 aromatic heterocycles. The van der Waals surface area contributed by atoms with Crippen molar-refractivity contribution in [2.45, 2.75) is 18.6 Å². The first-order valence-electron chi connectivity index (χ1n) is 8.22. The van der Waals surface area contributed by atoms with Crippen LogP contribution >= 0.6 is 11.8 Å². The maximum Gasteiger partial charge on any atom is 0.230 e. The van der Waals surface area contributed by atoms with Crippen molar-refractivity contribution < 1.29 is 9.53 Å². The molecule has 26 heavy (non-hydrogen) atoms. The topological polar surface area (TPSA) is 81.9 Å². The molecule has 0 atom stereocenters. The molecule has 0 aliphatic heterocycles. The monoisotopic (exact) mass is 369 g/mol. The second kappa shape index (κ2) is 9.00. The van der Waals surface area contributed by atoms with Gasteiger partial charge in [0.1, 0.15) is 11.4 Å². The smallest absolute Gasteiger partial charge is 0.230 e. The summed E-state index contributed by atoms with van der Waals surface area (Å²) in [6.45, 7) is 2.96. The Morgan fingerprint density at radius 2 is 1.92 bits per heavy atom. The molecule has 2 aromatic carbocycles. The van der Waals surface area contributed by atoms with Gasteiger partial charge in [0.2, 0.25) is 11.1 Å². The fourth-order valence-electron chi connectivity index (χ4n) is 2.31. The Bertz CT molecular complexity index is 854. The van der Waals surface area contributed by atoms with Gasteiger partial charge in [-0.05, 0) is 35.0 Å². The van der Waals surface area contributed by atoms with Gasteiger partial charge in [-0.25, -0.2) is 0 Å². The van der Waals surface area contributed by atoms with E-state index in [4.69, 9.17) is 4.74 Å². The Morgan fingerprint density at radius 1 is 1.15 bits per heavy atom. The molecule has 3 aromatic rings. The van der Waals surface area contributed by atoms with Gasteiger partial charge in [0.25, 0.3) is 0 Å². The Kier molecular flexibility index (Phi) is 6.21. The number of carbonyl (C=O) groups is 1. The predicted octanol–water partition coefficient (Wildman–Crippen LogP) is 2.47. The number of amides is 1. The van der Waals surface area contributed by atoms with Crippen molar-refractivity contribution in [3.05, 3.63) is 60.2 Å². The summed E-state index contributed by atoms with van der Waals surface area (Å²) in [5, 5.41) is 15.2. The molecule has 0 saturated heterocycles. The summed E-state index contributed by atoms with van der Waals surface area (Å²) in [4.78, 5) is 12.1. The van der Waals surface area contributed by atoms with Crippen molar-refractivity contribution in [2.75, 3.05) is 12.4 Å². The van der Waals surface area contributed by atoms with Crippen molar-refractivity contribution in [2.24, 2.45) is 0 Å². The largest absolute Gasteiger partial charge is 0.492 e. The number of carbonyl (C=O) groups excluding carboxylic acids is 1. The molecule has 7 nitrogen and oxygen atoms in total. The van der Waals surface area contributed by atoms with Gasteiger partial charge < -0.3 is 10.1 Å². The van der Waals surface area contributed by atoms with Gasteiger partial charge in [0, 0.05) is 6.54 Å². The molecule has 3 rings (SSSR count). The van der Waals surface area contributed by atoms with E-state index in [1.807, 2.05) is 61.5 Å². The van der Waals surface area contributed by atoms with Crippen LogP contribution in [0.25, 0.3) is 5.69 Å². The average Bonchev–Trinajstić information content (AvgIpc) is 3.15. The number of ether oxygens (including phenoxy) is 1. The minimum Gasteiger partial charge on any atom is -0.492 e. The molecule has 0 radical (unpaired) electrons. The van der Waals surface area contributed by atoms with Crippen LogP contribution in [0.3, 0.4) is 0 Å². The van der Waals surface area contributed by atoms with E-state index in [1.165, 1.54) is 11.8 Å². The van der Waals surface area contributed by atoms with Crippen LogP contribution < -0.4 is 10.1 Å². The summed E-state index contributed by atoms with van der Waals surface area (Å²) in [5.74, 6) is 0.841. The molecular weight excluding hydrogens is 350 g/mol. The fourth-order valence-corrected chi connectivity index (χ4v) is 3.02. The molecule has 1 N–H and O–H groups in total. The van der Waals surface area contributed by atoms with Gasteiger partial charge in [-0.2, -0.15) is 4.68 Å². The zero-order chi connectivity index (χ0) is 18.2. The van der Waals surface area contributed by atoms with E-state index >= 15 is 0 Å². The number of para-hydroxylation sites is 2. The molecule has 0 unspecified atom stereocenters. The van der Waals surface area contributed by atoms with Crippen LogP contribution in [0.15, 0.2) is 59.8 Å². The van der Waals surface area contributed by atoms with Crippen LogP contribution in [0.4, 0.5) is 0 Å². The number of hydrogen-bond acceptors (Lipinski definition) is 6. The Balaban J connectivity index is 1.62. The molecule has 0 aliphatic carbocycles. The van der Waals surface area contributed by atoms with Crippen LogP contribution in [0.2, 0.25) is 0 Å². The molecule has 0 bridgehead atoms. The summed E-state index contributed by atoms with van der Waals surface area (Å²) < 4.78 is 7.21. The molecule has 8 heteroatoms. The summed E-state index contributed by atoms with van der Waals surface area (Å²) in [5.41, 5.74) is 1.80. The number of nitrogens with zero attached hydrogens (tertiary/aromatic N) is 4. The van der Waals surface area contributed by atoms with Gasteiger partial charge in [-0.15, -0.1) is 5.10 Å². The van der Waals surface area contributed by atoms with Gasteiger partial charge >= 0.3 is 0 Å². The zero-order valence-corrected chi connectivity index (χ0v) is 15.1. The van der Waals surface area contributed by atoms with Crippen molar-refractivity contribution in [1.82, 2.24) is 25.5 Å². The standard InChI is InChI=1S/C18H19N5O2S/c1-2-25-16-11-7-6-10-15(16)23-18(20-21-22-23)26-13-17(24)19-12-14-8-4-3-5-9-14/h3-11H,2,12-13H2,1H3,(H,19,24). The van der Waals surface area contributed by atoms with Crippen molar-refractivity contribution in [3.8, 4) is 11.4 Å². The van der Waals surface area contributed by atoms with Gasteiger partial charge in [0.15, 0.2) is 0 Å². The summed E-state index contributed by atoms with van der Waals surface area (Å²) in [6, 6.07) is 17.3. The van der Waals surface area contributed by atoms with E-state index in [1.54, 1.807) is 4.68 Å². The first kappa shape index (κ1) is 17.9. The summed E-state index contributed by atoms with van der Waals surface area (Å²) in [7, 11) is 0. The highest BCUT2D eigenvalue weighted by molar-refractivity contribution is 7.99. The van der Waals surface area contributed by atoms with Crippen molar-refractivity contribution in [1.29, 1.82) is 0 Å². The maximum absolute atomic E-state index is 12.1. The molecule has 0 aliphatic rings. The molecule has 1 heterocycles. The van der Waals surface area contributed by atoms with E-state index in [2.05, 4.69) is 20.8 Å². The van der Waals surface area contributed by atoms with Crippen LogP contribution in [0.5, 0.6) is 5.75 Å².